The summed E-state index contributed by atoms with van der Waals surface area (Å²) in [5, 5.41) is 6.63. The Morgan fingerprint density at radius 3 is 2.90 bits per heavy atom. The first-order valence-corrected chi connectivity index (χ1v) is 6.90. The Labute approximate surface area is 123 Å². The number of halogens is 1. The number of benzene rings is 1. The Hall–Kier alpha value is -1.99. The fourth-order valence-corrected chi connectivity index (χ4v) is 2.80. The van der Waals surface area contributed by atoms with E-state index in [2.05, 4.69) is 10.4 Å². The van der Waals surface area contributed by atoms with Crippen LogP contribution in [-0.2, 0) is 4.79 Å². The maximum atomic E-state index is 13.6. The molecule has 1 aromatic carbocycles. The molecular weight excluding hydrogens is 297 g/mol. The molecule has 1 saturated heterocycles. The van der Waals surface area contributed by atoms with Crippen molar-refractivity contribution in [3.8, 4) is 5.69 Å². The van der Waals surface area contributed by atoms with E-state index in [1.807, 2.05) is 0 Å². The van der Waals surface area contributed by atoms with Crippen molar-refractivity contribution in [2.75, 3.05) is 0 Å². The van der Waals surface area contributed by atoms with Gasteiger partial charge in [-0.05, 0) is 18.2 Å². The highest BCUT2D eigenvalue weighted by molar-refractivity contribution is 8.26. The number of para-hydroxylation sites is 1. The third-order valence-electron chi connectivity index (χ3n) is 2.64. The molecule has 3 rings (SSSR count). The third-order valence-corrected chi connectivity index (χ3v) is 3.80. The van der Waals surface area contributed by atoms with Crippen LogP contribution in [-0.4, -0.2) is 20.0 Å². The molecule has 0 aliphatic carbocycles. The maximum absolute atomic E-state index is 13.6. The number of hydrogen-bond acceptors (Lipinski definition) is 4. The molecule has 1 aromatic heterocycles. The summed E-state index contributed by atoms with van der Waals surface area (Å²) in [4.78, 5) is 12.0. The van der Waals surface area contributed by atoms with Crippen LogP contribution in [0.4, 0.5) is 4.39 Å². The molecule has 1 aliphatic heterocycles. The van der Waals surface area contributed by atoms with Crippen LogP contribution < -0.4 is 5.32 Å². The average molecular weight is 305 g/mol. The first kappa shape index (κ1) is 13.0. The standard InChI is InChI=1S/C13H8FN3OS2/c14-9-3-1-2-4-10(9)17-7-8(6-15-17)5-11-12(18)16-13(19)20-11/h1-7H,(H,16,18,19)/b11-5-. The predicted molar refractivity (Wildman–Crippen MR) is 79.8 cm³/mol. The monoisotopic (exact) mass is 305 g/mol. The molecule has 100 valence electrons. The van der Waals surface area contributed by atoms with Gasteiger partial charge < -0.3 is 5.32 Å². The van der Waals surface area contributed by atoms with Gasteiger partial charge in [0.05, 0.1) is 11.1 Å². The number of carbonyl (C=O) groups is 1. The van der Waals surface area contributed by atoms with E-state index in [0.717, 1.165) is 0 Å². The fourth-order valence-electron chi connectivity index (χ4n) is 1.75. The van der Waals surface area contributed by atoms with E-state index in [0.29, 0.717) is 20.5 Å². The molecule has 1 amide bonds. The lowest BCUT2D eigenvalue weighted by Gasteiger charge is -2.01. The zero-order chi connectivity index (χ0) is 14.1. The van der Waals surface area contributed by atoms with Crippen molar-refractivity contribution in [3.05, 3.63) is 52.9 Å². The quantitative estimate of drug-likeness (QED) is 0.684. The summed E-state index contributed by atoms with van der Waals surface area (Å²) in [5.41, 5.74) is 1.06. The minimum Gasteiger partial charge on any atom is -0.307 e. The molecule has 0 saturated carbocycles. The molecule has 1 fully saturated rings. The van der Waals surface area contributed by atoms with Crippen LogP contribution in [0, 0.1) is 5.82 Å². The van der Waals surface area contributed by atoms with Gasteiger partial charge >= 0.3 is 0 Å². The van der Waals surface area contributed by atoms with Crippen LogP contribution >= 0.6 is 24.0 Å². The average Bonchev–Trinajstić information content (AvgIpc) is 2.98. The minimum atomic E-state index is -0.357. The third kappa shape index (κ3) is 2.50. The number of nitrogens with zero attached hydrogens (tertiary/aromatic N) is 2. The largest absolute Gasteiger partial charge is 0.307 e. The van der Waals surface area contributed by atoms with Crippen LogP contribution in [0.15, 0.2) is 41.6 Å². The molecule has 1 N–H and O–H groups in total. The second-order valence-corrected chi connectivity index (χ2v) is 5.74. The summed E-state index contributed by atoms with van der Waals surface area (Å²) in [7, 11) is 0. The van der Waals surface area contributed by atoms with Gasteiger partial charge in [0.15, 0.2) is 0 Å². The molecule has 20 heavy (non-hydrogen) atoms. The van der Waals surface area contributed by atoms with E-state index < -0.39 is 0 Å². The number of rotatable bonds is 2. The van der Waals surface area contributed by atoms with Gasteiger partial charge in [-0.15, -0.1) is 0 Å². The molecule has 0 unspecified atom stereocenters. The molecular formula is C13H8FN3OS2. The van der Waals surface area contributed by atoms with Crippen LogP contribution in [0.5, 0.6) is 0 Å². The number of hydrogen-bond donors (Lipinski definition) is 1. The van der Waals surface area contributed by atoms with Gasteiger partial charge in [-0.25, -0.2) is 9.07 Å². The summed E-state index contributed by atoms with van der Waals surface area (Å²) in [5.74, 6) is -0.581. The van der Waals surface area contributed by atoms with E-state index in [1.54, 1.807) is 36.7 Å². The Morgan fingerprint density at radius 2 is 2.20 bits per heavy atom. The lowest BCUT2D eigenvalue weighted by Crippen LogP contribution is -2.17. The zero-order valence-corrected chi connectivity index (χ0v) is 11.7. The van der Waals surface area contributed by atoms with Crippen molar-refractivity contribution in [2.45, 2.75) is 0 Å². The summed E-state index contributed by atoms with van der Waals surface area (Å²) in [6, 6.07) is 6.35. The van der Waals surface area contributed by atoms with E-state index in [9.17, 15) is 9.18 Å². The molecule has 0 spiro atoms. The predicted octanol–water partition coefficient (Wildman–Crippen LogP) is 2.50. The number of thioether (sulfide) groups is 1. The Balaban J connectivity index is 1.92. The van der Waals surface area contributed by atoms with Crippen molar-refractivity contribution in [2.24, 2.45) is 0 Å². The van der Waals surface area contributed by atoms with Crippen molar-refractivity contribution in [1.82, 2.24) is 15.1 Å². The fraction of sp³-hybridized carbons (Fsp3) is 0. The van der Waals surface area contributed by atoms with Crippen molar-refractivity contribution in [3.63, 3.8) is 0 Å². The van der Waals surface area contributed by atoms with E-state index in [4.69, 9.17) is 12.2 Å². The van der Waals surface area contributed by atoms with Gasteiger partial charge in [0.25, 0.3) is 5.91 Å². The first-order valence-electron chi connectivity index (χ1n) is 5.68. The van der Waals surface area contributed by atoms with Gasteiger partial charge in [-0.2, -0.15) is 5.10 Å². The van der Waals surface area contributed by atoms with Gasteiger partial charge in [-0.3, -0.25) is 4.79 Å². The number of nitrogens with one attached hydrogen (secondary N) is 1. The molecule has 7 heteroatoms. The molecule has 4 nitrogen and oxygen atoms in total. The Bertz CT molecular complexity index is 739. The second kappa shape index (κ2) is 5.18. The lowest BCUT2D eigenvalue weighted by atomic mass is 10.3. The lowest BCUT2D eigenvalue weighted by molar-refractivity contribution is -0.115. The van der Waals surface area contributed by atoms with Gasteiger partial charge in [0.2, 0.25) is 0 Å². The molecule has 2 heterocycles. The zero-order valence-electron chi connectivity index (χ0n) is 10.0. The molecule has 0 atom stereocenters. The number of aromatic nitrogens is 2. The normalized spacial score (nSPS) is 16.8. The molecule has 0 bridgehead atoms. The Kier molecular flexibility index (Phi) is 3.37. The summed E-state index contributed by atoms with van der Waals surface area (Å²) < 4.78 is 15.5. The van der Waals surface area contributed by atoms with Crippen LogP contribution in [0.2, 0.25) is 0 Å². The minimum absolute atomic E-state index is 0.223. The number of thiocarbonyl (C=S) groups is 1. The highest BCUT2D eigenvalue weighted by atomic mass is 32.2. The van der Waals surface area contributed by atoms with E-state index in [-0.39, 0.29) is 11.7 Å². The topological polar surface area (TPSA) is 46.9 Å². The SMILES string of the molecule is O=C1NC(=S)S/C1=C\c1cnn(-c2ccccc2F)c1. The van der Waals surface area contributed by atoms with Gasteiger partial charge in [-0.1, -0.05) is 36.1 Å². The molecule has 2 aromatic rings. The van der Waals surface area contributed by atoms with Crippen molar-refractivity contribution < 1.29 is 9.18 Å². The molecule has 1 aliphatic rings. The van der Waals surface area contributed by atoms with E-state index >= 15 is 0 Å². The number of amides is 1. The van der Waals surface area contributed by atoms with Crippen LogP contribution in [0.1, 0.15) is 5.56 Å². The second-order valence-electron chi connectivity index (χ2n) is 4.02. The first-order chi connectivity index (χ1) is 9.63. The van der Waals surface area contributed by atoms with E-state index in [1.165, 1.54) is 22.5 Å². The maximum Gasteiger partial charge on any atom is 0.263 e. The van der Waals surface area contributed by atoms with Crippen molar-refractivity contribution >= 4 is 40.3 Å². The highest BCUT2D eigenvalue weighted by Gasteiger charge is 2.22. The Morgan fingerprint density at radius 1 is 1.40 bits per heavy atom. The van der Waals surface area contributed by atoms with Crippen molar-refractivity contribution in [1.29, 1.82) is 0 Å². The van der Waals surface area contributed by atoms with Gasteiger partial charge in [0.1, 0.15) is 15.8 Å². The highest BCUT2D eigenvalue weighted by Crippen LogP contribution is 2.26. The summed E-state index contributed by atoms with van der Waals surface area (Å²) in [6.45, 7) is 0. The summed E-state index contributed by atoms with van der Waals surface area (Å²) >= 11 is 6.11. The van der Waals surface area contributed by atoms with Gasteiger partial charge in [0, 0.05) is 11.8 Å². The molecule has 0 radical (unpaired) electrons. The number of carbonyl (C=O) groups excluding carboxylic acids is 1. The summed E-state index contributed by atoms with van der Waals surface area (Å²) in [6.07, 6.45) is 4.89. The van der Waals surface area contributed by atoms with Crippen LogP contribution in [0.3, 0.4) is 0 Å². The van der Waals surface area contributed by atoms with Crippen LogP contribution in [0.25, 0.3) is 11.8 Å². The smallest absolute Gasteiger partial charge is 0.263 e.